The van der Waals surface area contributed by atoms with E-state index in [1.54, 1.807) is 0 Å². The highest BCUT2D eigenvalue weighted by molar-refractivity contribution is 6.63. The molecule has 0 bridgehead atoms. The minimum Gasteiger partial charge on any atom is -0.376 e. The van der Waals surface area contributed by atoms with Gasteiger partial charge in [-0.15, -0.1) is 0 Å². The molecule has 1 heterocycles. The van der Waals surface area contributed by atoms with Crippen molar-refractivity contribution in [2.24, 2.45) is 11.5 Å². The van der Waals surface area contributed by atoms with Gasteiger partial charge in [-0.3, -0.25) is 19.5 Å². The van der Waals surface area contributed by atoms with Gasteiger partial charge in [-0.1, -0.05) is 96.8 Å². The van der Waals surface area contributed by atoms with E-state index in [1.165, 1.54) is 83.5 Å². The van der Waals surface area contributed by atoms with E-state index in [0.717, 1.165) is 27.5 Å². The lowest BCUT2D eigenvalue weighted by atomic mass is 10.0. The van der Waals surface area contributed by atoms with Crippen LogP contribution in [0.25, 0.3) is 0 Å². The number of aliphatic hydroxyl groups is 6. The Morgan fingerprint density at radius 1 is 0.553 bits per heavy atom. The first-order valence-corrected chi connectivity index (χ1v) is 16.2. The van der Waals surface area contributed by atoms with Gasteiger partial charge in [0, 0.05) is 6.42 Å². The Balaban J connectivity index is -0.000000705. The predicted molar refractivity (Wildman–Crippen MR) is 181 cm³/mol. The number of hydrogen-bond acceptors (Lipinski definition) is 15. The zero-order chi connectivity index (χ0) is 36.3. The monoisotopic (exact) mass is 698 g/mol. The Kier molecular flexibility index (Phi) is 37.0. The van der Waals surface area contributed by atoms with Crippen LogP contribution in [0.4, 0.5) is 22.6 Å². The Hall–Kier alpha value is -2.93. The zero-order valence-corrected chi connectivity index (χ0v) is 28.6. The summed E-state index contributed by atoms with van der Waals surface area (Å²) in [5.74, 6) is -0.503. The third kappa shape index (κ3) is 29.0. The van der Waals surface area contributed by atoms with Crippen molar-refractivity contribution in [1.29, 1.82) is 0 Å². The highest BCUT2D eigenvalue weighted by Gasteiger charge is 2.18. The Morgan fingerprint density at radius 2 is 0.766 bits per heavy atom. The fourth-order valence-electron chi connectivity index (χ4n) is 3.92. The lowest BCUT2D eigenvalue weighted by Crippen LogP contribution is -2.34. The lowest BCUT2D eigenvalue weighted by molar-refractivity contribution is -0.111. The molecule has 0 unspecified atom stereocenters. The molecule has 0 atom stereocenters. The molecule has 0 fully saturated rings. The summed E-state index contributed by atoms with van der Waals surface area (Å²) in [4.78, 5) is 42.0. The topological polar surface area (TPSA) is 273 Å². The molecule has 0 spiro atoms. The van der Waals surface area contributed by atoms with E-state index in [4.69, 9.17) is 51.8 Å². The van der Waals surface area contributed by atoms with Gasteiger partial charge in [0.25, 0.3) is 0 Å². The van der Waals surface area contributed by atoms with Gasteiger partial charge in [0.2, 0.25) is 23.1 Å². The van der Waals surface area contributed by atoms with Gasteiger partial charge in [0.15, 0.2) is 0 Å². The molecule has 2 amide bonds. The van der Waals surface area contributed by atoms with Crippen LogP contribution in [0.3, 0.4) is 0 Å². The van der Waals surface area contributed by atoms with Crippen molar-refractivity contribution in [3.8, 4) is 0 Å². The Morgan fingerprint density at radius 3 is 0.957 bits per heavy atom. The number of aromatic nitrogens is 3. The number of aliphatic hydroxyl groups excluding tert-OH is 6. The average Bonchev–Trinajstić information content (AvgIpc) is 3.05. The van der Waals surface area contributed by atoms with Crippen molar-refractivity contribution in [3.63, 3.8) is 0 Å². The molecular weight excluding hydrogens is 640 g/mol. The Bertz CT molecular complexity index is 791. The van der Waals surface area contributed by atoms with E-state index in [2.05, 4.69) is 33.3 Å². The van der Waals surface area contributed by atoms with Gasteiger partial charge in [-0.05, 0) is 18.0 Å². The van der Waals surface area contributed by atoms with Crippen LogP contribution in [0.5, 0.6) is 0 Å². The van der Waals surface area contributed by atoms with Crippen LogP contribution in [0.1, 0.15) is 110 Å². The molecule has 0 radical (unpaired) electrons. The van der Waals surface area contributed by atoms with Crippen molar-refractivity contribution < 1.29 is 45.0 Å². The number of nitrogens with two attached hydrogens (primary N) is 2. The molecule has 10 N–H and O–H groups in total. The second kappa shape index (κ2) is 35.9. The summed E-state index contributed by atoms with van der Waals surface area (Å²) in [5, 5.41) is 54.5. The van der Waals surface area contributed by atoms with Crippen molar-refractivity contribution >= 4 is 47.5 Å². The molecule has 0 aromatic carbocycles. The fourth-order valence-corrected chi connectivity index (χ4v) is 4.05. The number of halogens is 1. The largest absolute Gasteiger partial charge is 0.376 e. The lowest BCUT2D eigenvalue weighted by Gasteiger charge is -2.24. The zero-order valence-electron chi connectivity index (χ0n) is 27.9. The van der Waals surface area contributed by atoms with Crippen molar-refractivity contribution in [2.75, 3.05) is 55.1 Å². The van der Waals surface area contributed by atoms with Crippen LogP contribution in [0.15, 0.2) is 0 Å². The molecule has 276 valence electrons. The third-order valence-electron chi connectivity index (χ3n) is 6.45. The number of carbonyl (C=O) groups excluding carboxylic acids is 3. The van der Waals surface area contributed by atoms with Crippen LogP contribution < -0.4 is 26.2 Å². The fraction of sp³-hybridized carbons (Fsp3) is 0.793. The summed E-state index contributed by atoms with van der Waals surface area (Å²) in [5.41, 5.74) is 8.50. The number of rotatable bonds is 25. The summed E-state index contributed by atoms with van der Waals surface area (Å²) in [6.07, 6.45) is 20.8. The SMILES string of the molecule is C=O.CCCCCCCCCCCCCCCCCC(=O)Cl.NC(N)=O.OCN(CO)c1nc(N(CO)CO)nc(N(CO)CO)n1. The molecule has 18 heteroatoms. The number of carbonyl (C=O) groups is 3. The quantitative estimate of drug-likeness (QED) is 0.0411. The van der Waals surface area contributed by atoms with Gasteiger partial charge in [-0.25, -0.2) is 4.79 Å². The number of anilines is 3. The van der Waals surface area contributed by atoms with Crippen molar-refractivity contribution in [2.45, 2.75) is 110 Å². The van der Waals surface area contributed by atoms with Crippen LogP contribution >= 0.6 is 11.6 Å². The molecule has 1 rings (SSSR count). The van der Waals surface area contributed by atoms with Gasteiger partial charge < -0.3 is 46.9 Å². The average molecular weight is 699 g/mol. The molecule has 1 aromatic rings. The first kappa shape index (κ1) is 48.5. The number of hydrogen-bond donors (Lipinski definition) is 8. The molecule has 47 heavy (non-hydrogen) atoms. The molecule has 1 aromatic heterocycles. The first-order chi connectivity index (χ1) is 22.6. The first-order valence-electron chi connectivity index (χ1n) is 15.8. The molecule has 0 saturated heterocycles. The van der Waals surface area contributed by atoms with Crippen LogP contribution in [-0.2, 0) is 9.59 Å². The van der Waals surface area contributed by atoms with Crippen LogP contribution in [0, 0.1) is 0 Å². The molecular formula is C29H59ClN8O9. The molecule has 0 aliphatic rings. The number of amides is 2. The summed E-state index contributed by atoms with van der Waals surface area (Å²) in [7, 11) is 0. The van der Waals surface area contributed by atoms with Crippen LogP contribution in [-0.4, -0.2) is 104 Å². The molecule has 0 saturated carbocycles. The maximum Gasteiger partial charge on any atom is 0.309 e. The van der Waals surface area contributed by atoms with E-state index in [1.807, 2.05) is 6.79 Å². The second-order valence-electron chi connectivity index (χ2n) is 10.2. The number of nitrogens with zero attached hydrogens (tertiary/aromatic N) is 6. The highest BCUT2D eigenvalue weighted by Crippen LogP contribution is 2.18. The van der Waals surface area contributed by atoms with Crippen molar-refractivity contribution in [3.05, 3.63) is 0 Å². The summed E-state index contributed by atoms with van der Waals surface area (Å²) >= 11 is 5.30. The minimum atomic E-state index is -0.833. The predicted octanol–water partition coefficient (Wildman–Crippen LogP) is 1.84. The second-order valence-corrected chi connectivity index (χ2v) is 10.6. The van der Waals surface area contributed by atoms with E-state index in [0.29, 0.717) is 6.42 Å². The normalized spacial score (nSPS) is 9.96. The molecule has 0 aliphatic carbocycles. The van der Waals surface area contributed by atoms with Gasteiger partial charge in [0.05, 0.1) is 0 Å². The van der Waals surface area contributed by atoms with Gasteiger partial charge in [0.1, 0.15) is 47.2 Å². The maximum atomic E-state index is 10.5. The smallest absolute Gasteiger partial charge is 0.309 e. The van der Waals surface area contributed by atoms with E-state index >= 15 is 0 Å². The van der Waals surface area contributed by atoms with E-state index in [-0.39, 0.29) is 23.1 Å². The number of unbranched alkanes of at least 4 members (excludes halogenated alkanes) is 14. The summed E-state index contributed by atoms with van der Waals surface area (Å²) < 4.78 is 0. The van der Waals surface area contributed by atoms with E-state index < -0.39 is 46.4 Å². The summed E-state index contributed by atoms with van der Waals surface area (Å²) in [6, 6.07) is -0.833. The molecule has 0 aliphatic heterocycles. The van der Waals surface area contributed by atoms with Gasteiger partial charge >= 0.3 is 6.03 Å². The highest BCUT2D eigenvalue weighted by atomic mass is 35.5. The Labute approximate surface area is 283 Å². The van der Waals surface area contributed by atoms with Gasteiger partial charge in [-0.2, -0.15) is 15.0 Å². The standard InChI is InChI=1S/C18H35ClO.C9H18N6O6.CH4N2O.CH2O/c1-2-3-4-5-6-7-8-9-10-11-12-13-14-15-16-17-18(19)20;16-1-13(2-17)7-10-8(14(3-18)4-19)12-9(11-7)15(5-20)6-21;2-1(3)4;1-2/h2-17H2,1H3;16-21H,1-6H2;(H4,2,3,4);1H2. The van der Waals surface area contributed by atoms with Crippen LogP contribution in [0.2, 0.25) is 0 Å². The number of primary amides is 2. The maximum absolute atomic E-state index is 10.5. The molecule has 17 nitrogen and oxygen atoms in total. The van der Waals surface area contributed by atoms with E-state index in [9.17, 15) is 4.79 Å². The minimum absolute atomic E-state index is 0.168. The summed E-state index contributed by atoms with van der Waals surface area (Å²) in [6.45, 7) is 0.667. The number of urea groups is 1. The van der Waals surface area contributed by atoms with Crippen molar-refractivity contribution in [1.82, 2.24) is 15.0 Å². The third-order valence-corrected chi connectivity index (χ3v) is 6.64.